The molecule has 0 saturated heterocycles. The van der Waals surface area contributed by atoms with Gasteiger partial charge in [-0.25, -0.2) is 0 Å². The largest absolute Gasteiger partial charge is 0.393 e. The van der Waals surface area contributed by atoms with Gasteiger partial charge in [-0.2, -0.15) is 0 Å². The Morgan fingerprint density at radius 3 is 2.74 bits per heavy atom. The van der Waals surface area contributed by atoms with Crippen LogP contribution in [0, 0.1) is 28.6 Å². The molecule has 4 aliphatic rings. The fraction of sp³-hybridized carbons (Fsp3) is 0.625. The second-order valence-electron chi connectivity index (χ2n) is 9.83. The summed E-state index contributed by atoms with van der Waals surface area (Å²) >= 11 is 1.72. The molecule has 0 aliphatic heterocycles. The molecule has 0 spiro atoms. The first kappa shape index (κ1) is 17.9. The molecule has 1 N–H and O–H groups in total. The highest BCUT2D eigenvalue weighted by Crippen LogP contribution is 2.64. The van der Waals surface area contributed by atoms with Crippen molar-refractivity contribution in [2.75, 3.05) is 0 Å². The molecule has 3 saturated carbocycles. The summed E-state index contributed by atoms with van der Waals surface area (Å²) in [5.74, 6) is 2.19. The van der Waals surface area contributed by atoms with Crippen LogP contribution in [0.1, 0.15) is 63.7 Å². The zero-order chi connectivity index (χ0) is 18.8. The topological polar surface area (TPSA) is 37.3 Å². The lowest BCUT2D eigenvalue weighted by Gasteiger charge is -2.56. The van der Waals surface area contributed by atoms with Crippen molar-refractivity contribution in [1.29, 1.82) is 0 Å². The molecule has 2 nitrogen and oxygen atoms in total. The number of ketones is 1. The number of hydrogen-bond donors (Lipinski definition) is 1. The molecule has 3 fully saturated rings. The summed E-state index contributed by atoms with van der Waals surface area (Å²) in [6.45, 7) is 4.70. The van der Waals surface area contributed by atoms with Gasteiger partial charge in [-0.05, 0) is 91.2 Å². The van der Waals surface area contributed by atoms with Gasteiger partial charge in [-0.15, -0.1) is 11.3 Å². The highest BCUT2D eigenvalue weighted by molar-refractivity contribution is 7.10. The van der Waals surface area contributed by atoms with Crippen LogP contribution in [0.15, 0.2) is 34.7 Å². The van der Waals surface area contributed by atoms with Crippen molar-refractivity contribution >= 4 is 23.2 Å². The normalized spacial score (nSPS) is 45.2. The van der Waals surface area contributed by atoms with E-state index in [-0.39, 0.29) is 16.9 Å². The standard InChI is InChI=1S/C24H30O2S/c1-23-9-7-17(25)14-16(23)5-6-19-20(23)8-10-24(2)21(19)13-15(22(24)26)12-18-4-3-11-27-18/h3-5,11-12,17,19-21,25H,6-10,13-14H2,1-2H3/t17-,19-,20-,21+,23-,24-/m0/s1. The smallest absolute Gasteiger partial charge is 0.165 e. The average molecular weight is 383 g/mol. The first-order valence-electron chi connectivity index (χ1n) is 10.6. The average Bonchev–Trinajstić information content (AvgIpc) is 3.24. The summed E-state index contributed by atoms with van der Waals surface area (Å²) in [6, 6.07) is 4.18. The van der Waals surface area contributed by atoms with Gasteiger partial charge in [0.1, 0.15) is 0 Å². The molecule has 0 amide bonds. The van der Waals surface area contributed by atoms with E-state index in [1.54, 1.807) is 11.3 Å². The maximum Gasteiger partial charge on any atom is 0.165 e. The summed E-state index contributed by atoms with van der Waals surface area (Å²) in [5, 5.41) is 12.2. The molecular weight excluding hydrogens is 352 g/mol. The predicted molar refractivity (Wildman–Crippen MR) is 110 cm³/mol. The highest BCUT2D eigenvalue weighted by atomic mass is 32.1. The molecule has 6 atom stereocenters. The maximum atomic E-state index is 13.4. The highest BCUT2D eigenvalue weighted by Gasteiger charge is 2.59. The van der Waals surface area contributed by atoms with E-state index in [2.05, 4.69) is 43.5 Å². The van der Waals surface area contributed by atoms with E-state index in [4.69, 9.17) is 0 Å². The van der Waals surface area contributed by atoms with E-state index in [0.717, 1.165) is 44.1 Å². The van der Waals surface area contributed by atoms with Gasteiger partial charge < -0.3 is 5.11 Å². The number of Topliss-reactive ketones (excluding diaryl/α,β-unsaturated/α-hetero) is 1. The monoisotopic (exact) mass is 382 g/mol. The maximum absolute atomic E-state index is 13.4. The lowest BCUT2D eigenvalue weighted by atomic mass is 9.48. The van der Waals surface area contributed by atoms with Gasteiger partial charge in [0.2, 0.25) is 0 Å². The number of rotatable bonds is 1. The molecule has 27 heavy (non-hydrogen) atoms. The molecule has 0 radical (unpaired) electrons. The van der Waals surface area contributed by atoms with E-state index in [9.17, 15) is 9.90 Å². The van der Waals surface area contributed by atoms with Gasteiger partial charge in [-0.1, -0.05) is 31.6 Å². The van der Waals surface area contributed by atoms with Crippen molar-refractivity contribution in [1.82, 2.24) is 0 Å². The number of hydrogen-bond acceptors (Lipinski definition) is 3. The number of carbonyl (C=O) groups is 1. The minimum atomic E-state index is -0.167. The molecular formula is C24H30O2S. The van der Waals surface area contributed by atoms with Crippen molar-refractivity contribution in [3.63, 3.8) is 0 Å². The summed E-state index contributed by atoms with van der Waals surface area (Å²) in [4.78, 5) is 14.6. The number of fused-ring (bicyclic) bond motifs is 5. The molecule has 3 heteroatoms. The van der Waals surface area contributed by atoms with Crippen molar-refractivity contribution < 1.29 is 9.90 Å². The van der Waals surface area contributed by atoms with Crippen molar-refractivity contribution in [2.24, 2.45) is 28.6 Å². The van der Waals surface area contributed by atoms with Crippen LogP contribution in [-0.4, -0.2) is 17.0 Å². The van der Waals surface area contributed by atoms with Crippen molar-refractivity contribution in [3.8, 4) is 0 Å². The predicted octanol–water partition coefficient (Wildman–Crippen LogP) is 5.63. The SMILES string of the molecule is C[C@]12CC[C@H](O)CC1=CC[C@@H]1[C@H]3CC(=Cc4cccs4)C(=O)[C@@]3(C)CC[C@@H]12. The quantitative estimate of drug-likeness (QED) is 0.504. The van der Waals surface area contributed by atoms with E-state index >= 15 is 0 Å². The number of allylic oxidation sites excluding steroid dienone is 2. The molecule has 5 rings (SSSR count). The van der Waals surface area contributed by atoms with Crippen LogP contribution in [0.4, 0.5) is 0 Å². The van der Waals surface area contributed by atoms with Gasteiger partial charge >= 0.3 is 0 Å². The molecule has 4 aliphatic carbocycles. The minimum absolute atomic E-state index is 0.150. The fourth-order valence-corrected chi connectivity index (χ4v) is 7.67. The first-order chi connectivity index (χ1) is 12.9. The Balaban J connectivity index is 1.49. The van der Waals surface area contributed by atoms with Crippen LogP contribution in [-0.2, 0) is 4.79 Å². The third-order valence-corrected chi connectivity index (χ3v) is 9.40. The Labute approximate surface area is 166 Å². The van der Waals surface area contributed by atoms with E-state index in [1.165, 1.54) is 16.9 Å². The van der Waals surface area contributed by atoms with Crippen LogP contribution in [0.3, 0.4) is 0 Å². The third kappa shape index (κ3) is 2.57. The molecule has 1 aromatic heterocycles. The van der Waals surface area contributed by atoms with Crippen LogP contribution in [0.5, 0.6) is 0 Å². The lowest BCUT2D eigenvalue weighted by Crippen LogP contribution is -2.50. The van der Waals surface area contributed by atoms with Gasteiger partial charge in [0.05, 0.1) is 6.10 Å². The lowest BCUT2D eigenvalue weighted by molar-refractivity contribution is -0.130. The van der Waals surface area contributed by atoms with Crippen LogP contribution in [0.25, 0.3) is 6.08 Å². The summed E-state index contributed by atoms with van der Waals surface area (Å²) in [7, 11) is 0. The van der Waals surface area contributed by atoms with Crippen LogP contribution in [0.2, 0.25) is 0 Å². The number of thiophene rings is 1. The Morgan fingerprint density at radius 1 is 1.15 bits per heavy atom. The Bertz CT molecular complexity index is 819. The van der Waals surface area contributed by atoms with E-state index in [1.807, 2.05) is 0 Å². The Kier molecular flexibility index (Phi) is 4.07. The minimum Gasteiger partial charge on any atom is -0.393 e. The van der Waals surface area contributed by atoms with Gasteiger partial charge in [0.25, 0.3) is 0 Å². The molecule has 0 aromatic carbocycles. The first-order valence-corrected chi connectivity index (χ1v) is 11.5. The molecule has 0 bridgehead atoms. The molecule has 0 unspecified atom stereocenters. The van der Waals surface area contributed by atoms with Crippen LogP contribution < -0.4 is 0 Å². The van der Waals surface area contributed by atoms with Crippen molar-refractivity contribution in [3.05, 3.63) is 39.6 Å². The number of aliphatic hydroxyl groups excluding tert-OH is 1. The zero-order valence-corrected chi connectivity index (χ0v) is 17.2. The van der Waals surface area contributed by atoms with Crippen LogP contribution >= 0.6 is 11.3 Å². The van der Waals surface area contributed by atoms with Gasteiger partial charge in [0, 0.05) is 10.3 Å². The second-order valence-corrected chi connectivity index (χ2v) is 10.8. The Hall–Kier alpha value is -1.19. The summed E-state index contributed by atoms with van der Waals surface area (Å²) in [6.07, 6.45) is 11.6. The molecule has 1 aromatic rings. The van der Waals surface area contributed by atoms with E-state index < -0.39 is 0 Å². The number of aliphatic hydroxyl groups is 1. The summed E-state index contributed by atoms with van der Waals surface area (Å²) in [5.41, 5.74) is 2.64. The Morgan fingerprint density at radius 2 is 1.96 bits per heavy atom. The number of carbonyl (C=O) groups excluding carboxylic acids is 1. The zero-order valence-electron chi connectivity index (χ0n) is 16.4. The molecule has 1 heterocycles. The van der Waals surface area contributed by atoms with Gasteiger partial charge in [-0.3, -0.25) is 4.79 Å². The van der Waals surface area contributed by atoms with Gasteiger partial charge in [0.15, 0.2) is 5.78 Å². The summed E-state index contributed by atoms with van der Waals surface area (Å²) < 4.78 is 0. The fourth-order valence-electron chi connectivity index (χ4n) is 6.99. The van der Waals surface area contributed by atoms with E-state index in [0.29, 0.717) is 23.5 Å². The second kappa shape index (κ2) is 6.15. The van der Waals surface area contributed by atoms with Crippen molar-refractivity contribution in [2.45, 2.75) is 64.9 Å². The third-order valence-electron chi connectivity index (χ3n) is 8.58. The molecule has 144 valence electrons.